The molecule has 2 aliphatic heterocycles. The van der Waals surface area contributed by atoms with Crippen LogP contribution in [0.15, 0.2) is 54.6 Å². The van der Waals surface area contributed by atoms with Crippen molar-refractivity contribution in [1.82, 2.24) is 4.72 Å². The Morgan fingerprint density at radius 3 is 2.65 bits per heavy atom. The van der Waals surface area contributed by atoms with Gasteiger partial charge in [0.1, 0.15) is 36.9 Å². The van der Waals surface area contributed by atoms with Gasteiger partial charge in [0.05, 0.1) is 6.10 Å². The van der Waals surface area contributed by atoms with Crippen LogP contribution in [0.1, 0.15) is 18.4 Å². The molecule has 0 aliphatic carbocycles. The third-order valence-electron chi connectivity index (χ3n) is 5.76. The van der Waals surface area contributed by atoms with E-state index >= 15 is 4.39 Å². The van der Waals surface area contributed by atoms with Crippen molar-refractivity contribution < 1.29 is 31.8 Å². The fourth-order valence-corrected chi connectivity index (χ4v) is 5.24. The molecule has 2 fully saturated rings. The summed E-state index contributed by atoms with van der Waals surface area (Å²) in [7, 11) is -4.25. The molecule has 1 unspecified atom stereocenters. The minimum absolute atomic E-state index is 0.00306. The molecule has 2 heterocycles. The smallest absolute Gasteiger partial charge is 0.326 e. The maximum atomic E-state index is 15.9. The van der Waals surface area contributed by atoms with Crippen molar-refractivity contribution in [1.29, 1.82) is 0 Å². The quantitative estimate of drug-likeness (QED) is 0.551. The second-order valence-electron chi connectivity index (χ2n) is 8.18. The Balaban J connectivity index is 1.53. The average molecular weight is 487 g/mol. The van der Waals surface area contributed by atoms with Gasteiger partial charge in [0.2, 0.25) is 0 Å². The van der Waals surface area contributed by atoms with Crippen LogP contribution >= 0.6 is 0 Å². The highest BCUT2D eigenvalue weighted by Gasteiger charge is 2.38. The van der Waals surface area contributed by atoms with Crippen molar-refractivity contribution in [3.05, 3.63) is 66.0 Å². The minimum Gasteiger partial charge on any atom is -0.491 e. The Morgan fingerprint density at radius 2 is 1.94 bits per heavy atom. The van der Waals surface area contributed by atoms with E-state index in [4.69, 9.17) is 14.2 Å². The summed E-state index contributed by atoms with van der Waals surface area (Å²) in [5.74, 6) is -1.11. The van der Waals surface area contributed by atoms with Gasteiger partial charge in [-0.15, -0.1) is 0 Å². The van der Waals surface area contributed by atoms with E-state index in [1.807, 2.05) is 35.1 Å². The van der Waals surface area contributed by atoms with Crippen molar-refractivity contribution in [2.24, 2.45) is 0 Å². The molecule has 1 amide bonds. The molecule has 5 rings (SSSR count). The third-order valence-corrected chi connectivity index (χ3v) is 7.13. The lowest BCUT2D eigenvalue weighted by Gasteiger charge is -2.21. The molecule has 0 saturated carbocycles. The van der Waals surface area contributed by atoms with Crippen LogP contribution in [-0.4, -0.2) is 40.2 Å². The van der Waals surface area contributed by atoms with Gasteiger partial charge in [-0.05, 0) is 42.0 Å². The van der Waals surface area contributed by atoms with Crippen molar-refractivity contribution in [2.75, 3.05) is 24.1 Å². The van der Waals surface area contributed by atoms with Crippen LogP contribution in [0.5, 0.6) is 11.5 Å². The molecule has 178 valence electrons. The molecule has 0 radical (unpaired) electrons. The highest BCUT2D eigenvalue weighted by atomic mass is 32.2. The van der Waals surface area contributed by atoms with Gasteiger partial charge in [-0.2, -0.15) is 8.42 Å². The summed E-state index contributed by atoms with van der Waals surface area (Å²) in [6, 6.07) is 15.7. The van der Waals surface area contributed by atoms with Gasteiger partial charge in [-0.1, -0.05) is 36.4 Å². The molecule has 2 saturated heterocycles. The Labute approximate surface area is 196 Å². The molecule has 1 atom stereocenters. The van der Waals surface area contributed by atoms with Crippen molar-refractivity contribution in [3.8, 4) is 11.5 Å². The number of carbonyl (C=O) groups excluding carboxylic acids is 1. The lowest BCUT2D eigenvalue weighted by molar-refractivity contribution is -0.117. The Bertz CT molecular complexity index is 1330. The maximum Gasteiger partial charge on any atom is 0.326 e. The summed E-state index contributed by atoms with van der Waals surface area (Å²) in [6.45, 7) is 0.599. The average Bonchev–Trinajstić information content (AvgIpc) is 3.44. The summed E-state index contributed by atoms with van der Waals surface area (Å²) in [4.78, 5) is 11.8. The number of rotatable bonds is 7. The predicted molar refractivity (Wildman–Crippen MR) is 124 cm³/mol. The molecular weight excluding hydrogens is 463 g/mol. The number of hydrogen-bond donors (Lipinski definition) is 1. The van der Waals surface area contributed by atoms with Crippen molar-refractivity contribution >= 4 is 32.6 Å². The first-order valence-electron chi connectivity index (χ1n) is 10.9. The number of amides is 1. The standard InChI is InChI=1S/C24H23FN2O6S/c25-23-20-12-18(32-15-19-7-4-10-31-19)9-8-17(20)11-21(33-14-16-5-2-1-3-6-16)24(23)27-13-22(28)26-34(27,29)30/h1-3,5-6,8-9,11-12,19H,4,7,10,13-15H2,(H,26,28). The molecule has 2 aliphatic rings. The van der Waals surface area contributed by atoms with Crippen LogP contribution in [0.25, 0.3) is 10.8 Å². The van der Waals surface area contributed by atoms with E-state index in [1.54, 1.807) is 18.2 Å². The largest absolute Gasteiger partial charge is 0.491 e. The maximum absolute atomic E-state index is 15.9. The first-order valence-corrected chi connectivity index (χ1v) is 12.4. The second kappa shape index (κ2) is 9.11. The van der Waals surface area contributed by atoms with Crippen LogP contribution in [0.2, 0.25) is 0 Å². The van der Waals surface area contributed by atoms with Gasteiger partial charge in [-0.3, -0.25) is 4.79 Å². The number of nitrogens with zero attached hydrogens (tertiary/aromatic N) is 1. The van der Waals surface area contributed by atoms with Crippen LogP contribution in [-0.2, 0) is 26.3 Å². The van der Waals surface area contributed by atoms with E-state index in [2.05, 4.69) is 0 Å². The van der Waals surface area contributed by atoms with E-state index in [1.165, 1.54) is 6.07 Å². The van der Waals surface area contributed by atoms with E-state index in [0.29, 0.717) is 28.7 Å². The summed E-state index contributed by atoms with van der Waals surface area (Å²) in [5.41, 5.74) is 0.503. The van der Waals surface area contributed by atoms with Crippen LogP contribution in [0, 0.1) is 5.82 Å². The molecule has 0 aromatic heterocycles. The van der Waals surface area contributed by atoms with Crippen LogP contribution in [0.4, 0.5) is 10.1 Å². The summed E-state index contributed by atoms with van der Waals surface area (Å²) in [6.07, 6.45) is 1.88. The highest BCUT2D eigenvalue weighted by Crippen LogP contribution is 2.40. The number of hydrogen-bond acceptors (Lipinski definition) is 6. The van der Waals surface area contributed by atoms with Gasteiger partial charge in [0, 0.05) is 12.0 Å². The van der Waals surface area contributed by atoms with Gasteiger partial charge < -0.3 is 14.2 Å². The van der Waals surface area contributed by atoms with E-state index < -0.39 is 28.5 Å². The van der Waals surface area contributed by atoms with Gasteiger partial charge in [-0.25, -0.2) is 13.4 Å². The molecule has 34 heavy (non-hydrogen) atoms. The number of carbonyl (C=O) groups is 1. The Hall–Kier alpha value is -3.37. The van der Waals surface area contributed by atoms with E-state index in [-0.39, 0.29) is 29.5 Å². The van der Waals surface area contributed by atoms with Crippen molar-refractivity contribution in [2.45, 2.75) is 25.6 Å². The summed E-state index contributed by atoms with van der Waals surface area (Å²) in [5, 5.41) is 0.658. The summed E-state index contributed by atoms with van der Waals surface area (Å²) < 4.78 is 60.8. The number of anilines is 1. The normalized spacial score (nSPS) is 19.4. The van der Waals surface area contributed by atoms with Crippen LogP contribution in [0.3, 0.4) is 0 Å². The van der Waals surface area contributed by atoms with Gasteiger partial charge in [0.25, 0.3) is 5.91 Å². The third kappa shape index (κ3) is 4.51. The number of nitrogens with one attached hydrogen (secondary N) is 1. The summed E-state index contributed by atoms with van der Waals surface area (Å²) >= 11 is 0. The number of halogens is 1. The fraction of sp³-hybridized carbons (Fsp3) is 0.292. The highest BCUT2D eigenvalue weighted by molar-refractivity contribution is 7.92. The molecule has 1 N–H and O–H groups in total. The van der Waals surface area contributed by atoms with Crippen LogP contribution < -0.4 is 18.5 Å². The minimum atomic E-state index is -4.25. The topological polar surface area (TPSA) is 94.2 Å². The zero-order chi connectivity index (χ0) is 23.7. The Kier molecular flexibility index (Phi) is 6.01. The second-order valence-corrected chi connectivity index (χ2v) is 9.77. The number of fused-ring (bicyclic) bond motifs is 1. The lowest BCUT2D eigenvalue weighted by atomic mass is 10.1. The molecule has 8 nitrogen and oxygen atoms in total. The zero-order valence-corrected chi connectivity index (χ0v) is 19.0. The first-order chi connectivity index (χ1) is 16.4. The molecule has 0 bridgehead atoms. The van der Waals surface area contributed by atoms with E-state index in [9.17, 15) is 13.2 Å². The fourth-order valence-electron chi connectivity index (χ4n) is 4.08. The van der Waals surface area contributed by atoms with Gasteiger partial charge >= 0.3 is 10.2 Å². The van der Waals surface area contributed by atoms with Crippen molar-refractivity contribution in [3.63, 3.8) is 0 Å². The number of ether oxygens (including phenoxy) is 3. The first kappa shape index (κ1) is 22.4. The van der Waals surface area contributed by atoms with Gasteiger partial charge in [0.15, 0.2) is 5.82 Å². The Morgan fingerprint density at radius 1 is 1.12 bits per heavy atom. The van der Waals surface area contributed by atoms with E-state index in [0.717, 1.165) is 18.4 Å². The number of benzene rings is 3. The lowest BCUT2D eigenvalue weighted by Crippen LogP contribution is -2.30. The monoisotopic (exact) mass is 486 g/mol. The zero-order valence-electron chi connectivity index (χ0n) is 18.2. The molecule has 10 heteroatoms. The molecular formula is C24H23FN2O6S. The molecule has 0 spiro atoms. The SMILES string of the molecule is O=C1CN(c2c(OCc3ccccc3)cc3ccc(OCC4CCCO4)cc3c2F)S(=O)(=O)N1. The molecule has 3 aromatic carbocycles. The molecule has 3 aromatic rings. The predicted octanol–water partition coefficient (Wildman–Crippen LogP) is 3.30.